The fraction of sp³-hybridized carbons (Fsp3) is 0. The van der Waals surface area contributed by atoms with Crippen molar-refractivity contribution in [1.82, 2.24) is 4.98 Å². The number of pyridine rings is 1. The van der Waals surface area contributed by atoms with Gasteiger partial charge in [0.05, 0.1) is 5.52 Å². The quantitative estimate of drug-likeness (QED) is 0.751. The Balaban J connectivity index is 2.18. The molecule has 0 saturated carbocycles. The average Bonchev–Trinajstić information content (AvgIpc) is 2.46. The van der Waals surface area contributed by atoms with Gasteiger partial charge in [0, 0.05) is 9.86 Å². The van der Waals surface area contributed by atoms with Crippen molar-refractivity contribution < 1.29 is 9.84 Å². The molecule has 0 atom stereocenters. The Labute approximate surface area is 122 Å². The fourth-order valence-electron chi connectivity index (χ4n) is 1.93. The molecule has 20 heavy (non-hydrogen) atoms. The van der Waals surface area contributed by atoms with E-state index in [1.54, 1.807) is 42.5 Å². The third kappa shape index (κ3) is 2.28. The van der Waals surface area contributed by atoms with Crippen molar-refractivity contribution in [2.75, 3.05) is 0 Å². The molecule has 0 unspecified atom stereocenters. The molecular weight excluding hydrogens is 322 g/mol. The number of aromatic nitrogens is 1. The minimum absolute atomic E-state index is 0.109. The fourth-order valence-corrected chi connectivity index (χ4v) is 2.29. The Morgan fingerprint density at radius 1 is 1.10 bits per heavy atom. The first kappa shape index (κ1) is 12.7. The molecule has 0 radical (unpaired) electrons. The normalized spacial score (nSPS) is 10.7. The van der Waals surface area contributed by atoms with E-state index in [1.165, 1.54) is 0 Å². The van der Waals surface area contributed by atoms with Gasteiger partial charge in [-0.1, -0.05) is 34.1 Å². The number of aromatic amines is 1. The highest BCUT2D eigenvalue weighted by molar-refractivity contribution is 9.10. The molecule has 0 bridgehead atoms. The van der Waals surface area contributed by atoms with Gasteiger partial charge in [-0.15, -0.1) is 0 Å². The minimum atomic E-state index is -0.471. The lowest BCUT2D eigenvalue weighted by molar-refractivity contribution is 0.410. The van der Waals surface area contributed by atoms with Gasteiger partial charge in [-0.2, -0.15) is 0 Å². The molecule has 2 N–H and O–H groups in total. The summed E-state index contributed by atoms with van der Waals surface area (Å²) in [5.41, 5.74) is 0.0808. The third-order valence-electron chi connectivity index (χ3n) is 2.87. The van der Waals surface area contributed by atoms with Gasteiger partial charge < -0.3 is 14.8 Å². The summed E-state index contributed by atoms with van der Waals surface area (Å²) in [7, 11) is 0. The predicted octanol–water partition coefficient (Wildman–Crippen LogP) is 3.79. The van der Waals surface area contributed by atoms with Crippen LogP contribution in [0.1, 0.15) is 0 Å². The first-order valence-corrected chi connectivity index (χ1v) is 6.72. The van der Waals surface area contributed by atoms with Crippen LogP contribution in [-0.2, 0) is 0 Å². The van der Waals surface area contributed by atoms with Gasteiger partial charge >= 0.3 is 0 Å². The topological polar surface area (TPSA) is 62.3 Å². The summed E-state index contributed by atoms with van der Waals surface area (Å²) in [6.45, 7) is 0. The minimum Gasteiger partial charge on any atom is -0.504 e. The molecule has 0 saturated heterocycles. The maximum absolute atomic E-state index is 12.0. The molecule has 0 aliphatic rings. The molecule has 5 heteroatoms. The summed E-state index contributed by atoms with van der Waals surface area (Å²) >= 11 is 3.33. The highest BCUT2D eigenvalue weighted by Gasteiger charge is 2.14. The van der Waals surface area contributed by atoms with Crippen LogP contribution in [0.15, 0.2) is 57.8 Å². The lowest BCUT2D eigenvalue weighted by atomic mass is 10.2. The summed E-state index contributed by atoms with van der Waals surface area (Å²) in [4.78, 5) is 14.7. The summed E-state index contributed by atoms with van der Waals surface area (Å²) in [5.74, 6) is 0.207. The van der Waals surface area contributed by atoms with Crippen molar-refractivity contribution >= 4 is 26.8 Å². The standard InChI is InChI=1S/C15H10BrNO3/c16-9-6-7-12-11(8-9)13(18)14(15(19)17-12)20-10-4-2-1-3-5-10/h1-8H,(H2,17,18,19). The Bertz CT molecular complexity index is 828. The molecule has 3 aromatic rings. The molecule has 0 spiro atoms. The predicted molar refractivity (Wildman–Crippen MR) is 80.4 cm³/mol. The second kappa shape index (κ2) is 5.02. The van der Waals surface area contributed by atoms with Crippen LogP contribution >= 0.6 is 15.9 Å². The Hall–Kier alpha value is -2.27. The SMILES string of the molecule is O=c1[nH]c2ccc(Br)cc2c(O)c1Oc1ccccc1. The van der Waals surface area contributed by atoms with E-state index >= 15 is 0 Å². The number of para-hydroxylation sites is 1. The molecule has 0 aliphatic heterocycles. The lowest BCUT2D eigenvalue weighted by Crippen LogP contribution is -2.09. The molecule has 1 aromatic heterocycles. The molecule has 0 aliphatic carbocycles. The van der Waals surface area contributed by atoms with Gasteiger partial charge in [-0.05, 0) is 30.3 Å². The maximum Gasteiger partial charge on any atom is 0.295 e. The van der Waals surface area contributed by atoms with Crippen molar-refractivity contribution in [3.8, 4) is 17.2 Å². The van der Waals surface area contributed by atoms with Gasteiger partial charge in [-0.3, -0.25) is 4.79 Å². The number of aromatic hydroxyl groups is 1. The number of rotatable bonds is 2. The van der Waals surface area contributed by atoms with Crippen LogP contribution in [0.25, 0.3) is 10.9 Å². The zero-order valence-electron chi connectivity index (χ0n) is 10.3. The van der Waals surface area contributed by atoms with Crippen LogP contribution in [-0.4, -0.2) is 10.1 Å². The van der Waals surface area contributed by atoms with Gasteiger partial charge in [0.2, 0.25) is 5.75 Å². The molecule has 3 rings (SSSR count). The number of hydrogen-bond acceptors (Lipinski definition) is 3. The molecular formula is C15H10BrNO3. The second-order valence-corrected chi connectivity index (χ2v) is 5.15. The number of fused-ring (bicyclic) bond motifs is 1. The average molecular weight is 332 g/mol. The number of hydrogen-bond donors (Lipinski definition) is 2. The first-order chi connectivity index (χ1) is 9.65. The van der Waals surface area contributed by atoms with Crippen molar-refractivity contribution in [3.63, 3.8) is 0 Å². The first-order valence-electron chi connectivity index (χ1n) is 5.92. The van der Waals surface area contributed by atoms with Crippen molar-refractivity contribution in [2.24, 2.45) is 0 Å². The smallest absolute Gasteiger partial charge is 0.295 e. The van der Waals surface area contributed by atoms with E-state index < -0.39 is 5.56 Å². The highest BCUT2D eigenvalue weighted by atomic mass is 79.9. The molecule has 4 nitrogen and oxygen atoms in total. The summed E-state index contributed by atoms with van der Waals surface area (Å²) in [5, 5.41) is 10.8. The summed E-state index contributed by atoms with van der Waals surface area (Å²) < 4.78 is 6.28. The maximum atomic E-state index is 12.0. The van der Waals surface area contributed by atoms with E-state index in [0.717, 1.165) is 4.47 Å². The molecule has 1 heterocycles. The number of ether oxygens (including phenoxy) is 1. The second-order valence-electron chi connectivity index (χ2n) is 4.24. The van der Waals surface area contributed by atoms with Crippen LogP contribution in [0.3, 0.4) is 0 Å². The van der Waals surface area contributed by atoms with Crippen LogP contribution in [0.4, 0.5) is 0 Å². The number of H-pyrrole nitrogens is 1. The summed E-state index contributed by atoms with van der Waals surface area (Å²) in [6.07, 6.45) is 0. The monoisotopic (exact) mass is 331 g/mol. The van der Waals surface area contributed by atoms with Gasteiger partial charge in [0.1, 0.15) is 5.75 Å². The van der Waals surface area contributed by atoms with Crippen LogP contribution in [0, 0.1) is 0 Å². The van der Waals surface area contributed by atoms with E-state index in [0.29, 0.717) is 16.7 Å². The lowest BCUT2D eigenvalue weighted by Gasteiger charge is -2.09. The molecule has 0 fully saturated rings. The van der Waals surface area contributed by atoms with E-state index in [2.05, 4.69) is 20.9 Å². The summed E-state index contributed by atoms with van der Waals surface area (Å²) in [6, 6.07) is 14.1. The van der Waals surface area contributed by atoms with E-state index in [4.69, 9.17) is 4.74 Å². The van der Waals surface area contributed by atoms with Gasteiger partial charge in [-0.25, -0.2) is 0 Å². The van der Waals surface area contributed by atoms with Gasteiger partial charge in [0.25, 0.3) is 5.56 Å². The van der Waals surface area contributed by atoms with Crippen molar-refractivity contribution in [3.05, 3.63) is 63.4 Å². The zero-order valence-corrected chi connectivity index (χ0v) is 11.8. The van der Waals surface area contributed by atoms with Crippen molar-refractivity contribution in [2.45, 2.75) is 0 Å². The third-order valence-corrected chi connectivity index (χ3v) is 3.36. The number of halogens is 1. The Morgan fingerprint density at radius 3 is 2.60 bits per heavy atom. The van der Waals surface area contributed by atoms with E-state index in [9.17, 15) is 9.90 Å². The Morgan fingerprint density at radius 2 is 1.85 bits per heavy atom. The van der Waals surface area contributed by atoms with Crippen LogP contribution in [0.5, 0.6) is 17.2 Å². The Kier molecular flexibility index (Phi) is 3.20. The van der Waals surface area contributed by atoms with E-state index in [1.807, 2.05) is 6.07 Å². The highest BCUT2D eigenvalue weighted by Crippen LogP contribution is 2.34. The zero-order chi connectivity index (χ0) is 14.1. The van der Waals surface area contributed by atoms with E-state index in [-0.39, 0.29) is 11.5 Å². The van der Waals surface area contributed by atoms with Crippen molar-refractivity contribution in [1.29, 1.82) is 0 Å². The molecule has 2 aromatic carbocycles. The van der Waals surface area contributed by atoms with Crippen LogP contribution < -0.4 is 10.3 Å². The molecule has 100 valence electrons. The number of nitrogens with one attached hydrogen (secondary N) is 1. The van der Waals surface area contributed by atoms with Gasteiger partial charge in [0.15, 0.2) is 5.75 Å². The largest absolute Gasteiger partial charge is 0.504 e. The number of benzene rings is 2. The van der Waals surface area contributed by atoms with Crippen LogP contribution in [0.2, 0.25) is 0 Å². The molecule has 0 amide bonds.